The molecule has 0 spiro atoms. The smallest absolute Gasteiger partial charge is 0.307 e. The lowest BCUT2D eigenvalue weighted by atomic mass is 10.1. The van der Waals surface area contributed by atoms with E-state index in [1.165, 1.54) is 16.9 Å². The average molecular weight is 252 g/mol. The summed E-state index contributed by atoms with van der Waals surface area (Å²) >= 11 is 0. The van der Waals surface area contributed by atoms with Crippen LogP contribution >= 0.6 is 0 Å². The molecule has 6 heteroatoms. The number of hydrogen-bond acceptors (Lipinski definition) is 2. The molecule has 0 radical (unpaired) electrons. The number of carbonyl (C=O) groups is 1. The van der Waals surface area contributed by atoms with Crippen molar-refractivity contribution in [2.24, 2.45) is 7.05 Å². The first-order valence-electron chi connectivity index (χ1n) is 5.17. The molecule has 1 aromatic carbocycles. The molecule has 2 rings (SSSR count). The van der Waals surface area contributed by atoms with Crippen LogP contribution in [-0.2, 0) is 18.3 Å². The SMILES string of the molecule is Cn1cc(CC(=O)O)c(-c2ccc(F)cc2F)n1. The van der Waals surface area contributed by atoms with Gasteiger partial charge in [0.15, 0.2) is 0 Å². The molecular weight excluding hydrogens is 242 g/mol. The highest BCUT2D eigenvalue weighted by atomic mass is 19.1. The minimum Gasteiger partial charge on any atom is -0.481 e. The van der Waals surface area contributed by atoms with E-state index in [-0.39, 0.29) is 17.7 Å². The minimum absolute atomic E-state index is 0.0910. The third kappa shape index (κ3) is 2.37. The Balaban J connectivity index is 2.52. The maximum absolute atomic E-state index is 13.6. The molecule has 2 aromatic rings. The Hall–Kier alpha value is -2.24. The molecule has 0 aliphatic heterocycles. The topological polar surface area (TPSA) is 55.1 Å². The Bertz CT molecular complexity index is 608. The van der Waals surface area contributed by atoms with Crippen LogP contribution in [-0.4, -0.2) is 20.9 Å². The van der Waals surface area contributed by atoms with Crippen LogP contribution in [0.5, 0.6) is 0 Å². The van der Waals surface area contributed by atoms with E-state index in [0.29, 0.717) is 5.56 Å². The summed E-state index contributed by atoms with van der Waals surface area (Å²) in [4.78, 5) is 10.7. The third-order valence-electron chi connectivity index (χ3n) is 2.43. The van der Waals surface area contributed by atoms with Gasteiger partial charge in [-0.05, 0) is 12.1 Å². The number of halogens is 2. The van der Waals surface area contributed by atoms with Crippen LogP contribution < -0.4 is 0 Å². The Morgan fingerprint density at radius 2 is 2.17 bits per heavy atom. The molecule has 1 heterocycles. The summed E-state index contributed by atoms with van der Waals surface area (Å²) in [5.74, 6) is -2.49. The van der Waals surface area contributed by atoms with Gasteiger partial charge in [0.05, 0.1) is 12.1 Å². The van der Waals surface area contributed by atoms with Crippen molar-refractivity contribution < 1.29 is 18.7 Å². The Morgan fingerprint density at radius 1 is 1.44 bits per heavy atom. The van der Waals surface area contributed by atoms with Gasteiger partial charge in [0.2, 0.25) is 0 Å². The van der Waals surface area contributed by atoms with Gasteiger partial charge in [-0.1, -0.05) is 0 Å². The number of carboxylic acids is 1. The lowest BCUT2D eigenvalue weighted by molar-refractivity contribution is -0.136. The zero-order valence-corrected chi connectivity index (χ0v) is 9.52. The van der Waals surface area contributed by atoms with Crippen LogP contribution in [0.1, 0.15) is 5.56 Å². The van der Waals surface area contributed by atoms with E-state index in [1.807, 2.05) is 0 Å². The lowest BCUT2D eigenvalue weighted by Crippen LogP contribution is -2.01. The molecule has 0 amide bonds. The molecule has 0 aliphatic rings. The van der Waals surface area contributed by atoms with Gasteiger partial charge in [-0.3, -0.25) is 9.48 Å². The highest BCUT2D eigenvalue weighted by Crippen LogP contribution is 2.25. The molecule has 1 aromatic heterocycles. The first-order valence-corrected chi connectivity index (χ1v) is 5.17. The first-order chi connectivity index (χ1) is 8.47. The molecular formula is C12H10F2N2O2. The Morgan fingerprint density at radius 3 is 2.78 bits per heavy atom. The second-order valence-corrected chi connectivity index (χ2v) is 3.87. The molecule has 18 heavy (non-hydrogen) atoms. The van der Waals surface area contributed by atoms with E-state index in [1.54, 1.807) is 7.05 Å². The van der Waals surface area contributed by atoms with Crippen molar-refractivity contribution in [2.75, 3.05) is 0 Å². The fraction of sp³-hybridized carbons (Fsp3) is 0.167. The normalized spacial score (nSPS) is 10.6. The van der Waals surface area contributed by atoms with Crippen molar-refractivity contribution in [3.63, 3.8) is 0 Å². The van der Waals surface area contributed by atoms with Gasteiger partial charge in [0, 0.05) is 30.4 Å². The van der Waals surface area contributed by atoms with E-state index in [4.69, 9.17) is 5.11 Å². The van der Waals surface area contributed by atoms with Crippen molar-refractivity contribution in [1.82, 2.24) is 9.78 Å². The van der Waals surface area contributed by atoms with Crippen LogP contribution in [0.3, 0.4) is 0 Å². The number of nitrogens with zero attached hydrogens (tertiary/aromatic N) is 2. The zero-order chi connectivity index (χ0) is 13.3. The zero-order valence-electron chi connectivity index (χ0n) is 9.52. The predicted molar refractivity (Wildman–Crippen MR) is 59.9 cm³/mol. The van der Waals surface area contributed by atoms with Crippen molar-refractivity contribution in [2.45, 2.75) is 6.42 Å². The van der Waals surface area contributed by atoms with Crippen LogP contribution in [0.15, 0.2) is 24.4 Å². The second kappa shape index (κ2) is 4.56. The van der Waals surface area contributed by atoms with E-state index in [2.05, 4.69) is 5.10 Å². The molecule has 0 saturated heterocycles. The van der Waals surface area contributed by atoms with Crippen LogP contribution in [0.4, 0.5) is 8.78 Å². The van der Waals surface area contributed by atoms with Crippen molar-refractivity contribution in [3.05, 3.63) is 41.6 Å². The van der Waals surface area contributed by atoms with Gasteiger partial charge in [-0.2, -0.15) is 5.10 Å². The average Bonchev–Trinajstić information content (AvgIpc) is 2.58. The highest BCUT2D eigenvalue weighted by Gasteiger charge is 2.16. The number of carboxylic acid groups (broad SMARTS) is 1. The number of benzene rings is 1. The molecule has 4 nitrogen and oxygen atoms in total. The number of rotatable bonds is 3. The minimum atomic E-state index is -1.04. The molecule has 94 valence electrons. The summed E-state index contributed by atoms with van der Waals surface area (Å²) in [6, 6.07) is 3.10. The van der Waals surface area contributed by atoms with Gasteiger partial charge in [-0.25, -0.2) is 8.78 Å². The summed E-state index contributed by atoms with van der Waals surface area (Å²) in [5, 5.41) is 12.8. The summed E-state index contributed by atoms with van der Waals surface area (Å²) in [6.45, 7) is 0. The maximum Gasteiger partial charge on any atom is 0.307 e. The molecule has 0 unspecified atom stereocenters. The number of hydrogen-bond donors (Lipinski definition) is 1. The van der Waals surface area contributed by atoms with Crippen LogP contribution in [0.25, 0.3) is 11.3 Å². The number of aliphatic carboxylic acids is 1. The van der Waals surface area contributed by atoms with Gasteiger partial charge in [0.1, 0.15) is 11.6 Å². The largest absolute Gasteiger partial charge is 0.481 e. The molecule has 0 bridgehead atoms. The standard InChI is InChI=1S/C12H10F2N2O2/c1-16-6-7(4-11(17)18)12(15-16)9-3-2-8(13)5-10(9)14/h2-3,5-6H,4H2,1H3,(H,17,18). The first kappa shape index (κ1) is 12.2. The monoisotopic (exact) mass is 252 g/mol. The fourth-order valence-corrected chi connectivity index (χ4v) is 1.74. The predicted octanol–water partition coefficient (Wildman–Crippen LogP) is 1.99. The molecule has 0 atom stereocenters. The molecule has 0 aliphatic carbocycles. The Labute approximate surface area is 101 Å². The van der Waals surface area contributed by atoms with Crippen LogP contribution in [0.2, 0.25) is 0 Å². The summed E-state index contributed by atoms with van der Waals surface area (Å²) in [5.41, 5.74) is 0.696. The van der Waals surface area contributed by atoms with E-state index in [0.717, 1.165) is 12.1 Å². The van der Waals surface area contributed by atoms with Gasteiger partial charge < -0.3 is 5.11 Å². The summed E-state index contributed by atoms with van der Waals surface area (Å²) in [7, 11) is 1.61. The third-order valence-corrected chi connectivity index (χ3v) is 2.43. The summed E-state index contributed by atoms with van der Waals surface area (Å²) in [6.07, 6.45) is 1.24. The number of aryl methyl sites for hydroxylation is 1. The summed E-state index contributed by atoms with van der Waals surface area (Å²) < 4.78 is 27.8. The molecule has 0 saturated carbocycles. The Kier molecular flexibility index (Phi) is 3.10. The van der Waals surface area contributed by atoms with Crippen molar-refractivity contribution >= 4 is 5.97 Å². The van der Waals surface area contributed by atoms with E-state index >= 15 is 0 Å². The van der Waals surface area contributed by atoms with Crippen LogP contribution in [0, 0.1) is 11.6 Å². The van der Waals surface area contributed by atoms with E-state index in [9.17, 15) is 13.6 Å². The fourth-order valence-electron chi connectivity index (χ4n) is 1.74. The van der Waals surface area contributed by atoms with Gasteiger partial charge in [-0.15, -0.1) is 0 Å². The van der Waals surface area contributed by atoms with E-state index < -0.39 is 17.6 Å². The lowest BCUT2D eigenvalue weighted by Gasteiger charge is -2.02. The highest BCUT2D eigenvalue weighted by molar-refractivity contribution is 5.75. The molecule has 1 N–H and O–H groups in total. The second-order valence-electron chi connectivity index (χ2n) is 3.87. The van der Waals surface area contributed by atoms with Gasteiger partial charge in [0.25, 0.3) is 0 Å². The van der Waals surface area contributed by atoms with Gasteiger partial charge >= 0.3 is 5.97 Å². The van der Waals surface area contributed by atoms with Crippen molar-refractivity contribution in [3.8, 4) is 11.3 Å². The quantitative estimate of drug-likeness (QED) is 0.908. The number of aromatic nitrogens is 2. The maximum atomic E-state index is 13.6. The van der Waals surface area contributed by atoms with Crippen molar-refractivity contribution in [1.29, 1.82) is 0 Å². The molecule has 0 fully saturated rings.